The summed E-state index contributed by atoms with van der Waals surface area (Å²) < 4.78 is 55.3. The highest BCUT2D eigenvalue weighted by molar-refractivity contribution is 5.61. The van der Waals surface area contributed by atoms with Crippen LogP contribution in [0.5, 0.6) is 0 Å². The van der Waals surface area contributed by atoms with Crippen LogP contribution in [0.4, 0.5) is 13.2 Å². The van der Waals surface area contributed by atoms with Crippen LogP contribution in [-0.2, 0) is 22.7 Å². The number of halogens is 3. The smallest absolute Gasteiger partial charge is 0.265 e. The van der Waals surface area contributed by atoms with E-state index in [0.29, 0.717) is 42.5 Å². The number of hydrogen-bond donors (Lipinski definition) is 0. The molecule has 1 aromatic carbocycles. The van der Waals surface area contributed by atoms with Gasteiger partial charge in [0.15, 0.2) is 17.5 Å². The number of pyridine rings is 1. The van der Waals surface area contributed by atoms with Crippen molar-refractivity contribution in [2.75, 3.05) is 6.61 Å². The zero-order valence-electron chi connectivity index (χ0n) is 19.3. The summed E-state index contributed by atoms with van der Waals surface area (Å²) in [6.45, 7) is 2.63. The molecule has 10 heteroatoms. The van der Waals surface area contributed by atoms with Crippen molar-refractivity contribution in [3.05, 3.63) is 92.5 Å². The number of aromatic nitrogens is 4. The second kappa shape index (κ2) is 8.79. The lowest BCUT2D eigenvalue weighted by Gasteiger charge is -2.30. The molecule has 5 heterocycles. The van der Waals surface area contributed by atoms with Gasteiger partial charge in [0.2, 0.25) is 0 Å². The van der Waals surface area contributed by atoms with Gasteiger partial charge in [-0.1, -0.05) is 0 Å². The molecule has 2 aliphatic rings. The normalized spacial score (nSPS) is 19.6. The molecular weight excluding hydrogens is 473 g/mol. The molecule has 0 spiro atoms. The van der Waals surface area contributed by atoms with Crippen molar-refractivity contribution in [1.82, 2.24) is 19.4 Å². The third-order valence-electron chi connectivity index (χ3n) is 6.74. The molecule has 36 heavy (non-hydrogen) atoms. The molecule has 184 valence electrons. The van der Waals surface area contributed by atoms with E-state index in [1.807, 2.05) is 19.1 Å². The van der Waals surface area contributed by atoms with Gasteiger partial charge in [-0.25, -0.2) is 27.5 Å². The fraction of sp³-hybridized carbons (Fsp3) is 0.308. The second-order valence-corrected chi connectivity index (χ2v) is 9.09. The number of aryl methyl sites for hydroxylation is 1. The Bertz CT molecular complexity index is 1570. The maximum Gasteiger partial charge on any atom is 0.265 e. The monoisotopic (exact) mass is 494 g/mol. The van der Waals surface area contributed by atoms with Gasteiger partial charge in [0.25, 0.3) is 5.56 Å². The number of ether oxygens (including phenoxy) is 2. The van der Waals surface area contributed by atoms with Crippen molar-refractivity contribution in [3.8, 4) is 11.4 Å². The Hall–Kier alpha value is -3.63. The average Bonchev–Trinajstić information content (AvgIpc) is 3.35. The quantitative estimate of drug-likeness (QED) is 0.389. The van der Waals surface area contributed by atoms with E-state index in [1.165, 1.54) is 0 Å². The van der Waals surface area contributed by atoms with Crippen molar-refractivity contribution in [2.24, 2.45) is 0 Å². The number of rotatable bonds is 3. The van der Waals surface area contributed by atoms with E-state index in [4.69, 9.17) is 9.47 Å². The van der Waals surface area contributed by atoms with Gasteiger partial charge in [-0.05, 0) is 43.5 Å². The third-order valence-corrected chi connectivity index (χ3v) is 6.74. The molecule has 1 fully saturated rings. The van der Waals surface area contributed by atoms with Gasteiger partial charge in [0, 0.05) is 42.2 Å². The van der Waals surface area contributed by atoms with Crippen molar-refractivity contribution in [3.63, 3.8) is 0 Å². The molecule has 0 radical (unpaired) electrons. The van der Waals surface area contributed by atoms with Crippen LogP contribution in [0.15, 0.2) is 41.3 Å². The number of hydrogen-bond acceptors (Lipinski definition) is 6. The lowest BCUT2D eigenvalue weighted by molar-refractivity contribution is 0.00457. The topological polar surface area (TPSA) is 78.6 Å². The van der Waals surface area contributed by atoms with E-state index in [0.717, 1.165) is 21.7 Å². The summed E-state index contributed by atoms with van der Waals surface area (Å²) in [5.41, 5.74) is 2.73. The van der Waals surface area contributed by atoms with Crippen LogP contribution in [0.2, 0.25) is 0 Å². The predicted molar refractivity (Wildman–Crippen MR) is 123 cm³/mol. The Balaban J connectivity index is 1.52. The summed E-state index contributed by atoms with van der Waals surface area (Å²) in [5, 5.41) is 0. The molecule has 0 N–H and O–H groups in total. The summed E-state index contributed by atoms with van der Waals surface area (Å²) in [6.07, 6.45) is 2.76. The van der Waals surface area contributed by atoms with E-state index >= 15 is 0 Å². The maximum atomic E-state index is 14.9. The van der Waals surface area contributed by atoms with Gasteiger partial charge >= 0.3 is 0 Å². The van der Waals surface area contributed by atoms with E-state index < -0.39 is 23.0 Å². The zero-order chi connectivity index (χ0) is 25.0. The Morgan fingerprint density at radius 2 is 1.86 bits per heavy atom. The molecule has 0 bridgehead atoms. The Kier molecular flexibility index (Phi) is 5.57. The molecule has 3 aromatic heterocycles. The Morgan fingerprint density at radius 3 is 2.69 bits per heavy atom. The number of benzene rings is 1. The largest absolute Gasteiger partial charge is 0.373 e. The summed E-state index contributed by atoms with van der Waals surface area (Å²) in [5.74, 6) is -3.82. The minimum absolute atomic E-state index is 0.0680. The van der Waals surface area contributed by atoms with Crippen LogP contribution in [0, 0.1) is 24.4 Å². The standard InChI is InChI=1S/C26H21F3N4O3/c1-13-6-15(2-4-30-13)23-7-14(3-5-36-23)21-10-24-31-22-12-35-11-17(22)26(34)33(24)25(32-21)16-8-19(28)20(29)9-18(16)27/h2,4,6,8-10,14,23H,3,5,7,11-12H2,1H3/t14-,23+/m1/s1. The van der Waals surface area contributed by atoms with Crippen LogP contribution in [0.3, 0.4) is 0 Å². The first-order valence-corrected chi connectivity index (χ1v) is 11.6. The summed E-state index contributed by atoms with van der Waals surface area (Å²) in [6, 6.07) is 6.74. The lowest BCUT2D eigenvalue weighted by atomic mass is 9.89. The molecular formula is C26H21F3N4O3. The predicted octanol–water partition coefficient (Wildman–Crippen LogP) is 4.54. The molecule has 0 unspecified atom stereocenters. The second-order valence-electron chi connectivity index (χ2n) is 9.09. The molecule has 6 rings (SSSR count). The average molecular weight is 494 g/mol. The van der Waals surface area contributed by atoms with Crippen LogP contribution >= 0.6 is 0 Å². The highest BCUT2D eigenvalue weighted by atomic mass is 19.2. The zero-order valence-corrected chi connectivity index (χ0v) is 19.3. The van der Waals surface area contributed by atoms with Crippen molar-refractivity contribution >= 4 is 5.65 Å². The highest BCUT2D eigenvalue weighted by Gasteiger charge is 2.29. The minimum atomic E-state index is -1.32. The van der Waals surface area contributed by atoms with E-state index in [9.17, 15) is 18.0 Å². The summed E-state index contributed by atoms with van der Waals surface area (Å²) in [4.78, 5) is 26.8. The Morgan fingerprint density at radius 1 is 1.03 bits per heavy atom. The molecule has 0 aliphatic carbocycles. The first-order valence-electron chi connectivity index (χ1n) is 11.6. The highest BCUT2D eigenvalue weighted by Crippen LogP contribution is 2.38. The first-order chi connectivity index (χ1) is 17.4. The van der Waals surface area contributed by atoms with Crippen LogP contribution in [0.25, 0.3) is 17.0 Å². The van der Waals surface area contributed by atoms with Gasteiger partial charge in [0.05, 0.1) is 36.1 Å². The fourth-order valence-electron chi connectivity index (χ4n) is 4.92. The SMILES string of the molecule is Cc1cc([C@@H]2C[C@H](c3cc4nc5c(c(=O)n4c(-c4cc(F)c(F)cc4F)n3)COC5)CCO2)ccn1. The van der Waals surface area contributed by atoms with Crippen LogP contribution in [0.1, 0.15) is 53.1 Å². The maximum absolute atomic E-state index is 14.9. The van der Waals surface area contributed by atoms with E-state index in [1.54, 1.807) is 12.3 Å². The first kappa shape index (κ1) is 22.8. The molecule has 0 saturated carbocycles. The van der Waals surface area contributed by atoms with Gasteiger partial charge in [-0.15, -0.1) is 0 Å². The number of nitrogens with zero attached hydrogens (tertiary/aromatic N) is 4. The number of fused-ring (bicyclic) bond motifs is 2. The van der Waals surface area contributed by atoms with Crippen LogP contribution < -0.4 is 5.56 Å². The molecule has 1 saturated heterocycles. The van der Waals surface area contributed by atoms with Crippen molar-refractivity contribution < 1.29 is 22.6 Å². The van der Waals surface area contributed by atoms with E-state index in [2.05, 4.69) is 15.0 Å². The third kappa shape index (κ3) is 3.86. The van der Waals surface area contributed by atoms with Gasteiger partial charge in [-0.2, -0.15) is 0 Å². The van der Waals surface area contributed by atoms with Crippen molar-refractivity contribution in [1.29, 1.82) is 0 Å². The molecule has 4 aromatic rings. The molecule has 7 nitrogen and oxygen atoms in total. The Labute approximate surface area is 203 Å². The van der Waals surface area contributed by atoms with Gasteiger partial charge in [0.1, 0.15) is 11.5 Å². The summed E-state index contributed by atoms with van der Waals surface area (Å²) in [7, 11) is 0. The lowest BCUT2D eigenvalue weighted by Crippen LogP contribution is -2.25. The van der Waals surface area contributed by atoms with E-state index in [-0.39, 0.29) is 42.3 Å². The van der Waals surface area contributed by atoms with Gasteiger partial charge in [-0.3, -0.25) is 9.78 Å². The van der Waals surface area contributed by atoms with Crippen molar-refractivity contribution in [2.45, 2.75) is 45.0 Å². The summed E-state index contributed by atoms with van der Waals surface area (Å²) >= 11 is 0. The fourth-order valence-corrected chi connectivity index (χ4v) is 4.92. The minimum Gasteiger partial charge on any atom is -0.373 e. The molecule has 2 aliphatic heterocycles. The van der Waals surface area contributed by atoms with Gasteiger partial charge < -0.3 is 9.47 Å². The molecule has 2 atom stereocenters. The van der Waals surface area contributed by atoms with Crippen LogP contribution in [-0.4, -0.2) is 26.0 Å². The molecule has 0 amide bonds.